The number of guanidine groups is 1. The van der Waals surface area contributed by atoms with Crippen molar-refractivity contribution in [1.29, 1.82) is 0 Å². The molecule has 66 valence electrons. The zero-order valence-electron chi connectivity index (χ0n) is 7.21. The molecule has 4 N–H and O–H groups in total. The Morgan fingerprint density at radius 3 is 2.64 bits per heavy atom. The van der Waals surface area contributed by atoms with Gasteiger partial charge in [-0.2, -0.15) is 11.8 Å². The van der Waals surface area contributed by atoms with Crippen LogP contribution in [-0.4, -0.2) is 23.5 Å². The largest absolute Gasteiger partial charge is 0.370 e. The second-order valence-corrected chi connectivity index (χ2v) is 3.63. The number of hydrogen-bond donors (Lipinski definition) is 2. The van der Waals surface area contributed by atoms with Crippen LogP contribution in [0.2, 0.25) is 0 Å². The van der Waals surface area contributed by atoms with E-state index in [-0.39, 0.29) is 12.0 Å². The monoisotopic (exact) mass is 175 g/mol. The topological polar surface area (TPSA) is 64.4 Å². The summed E-state index contributed by atoms with van der Waals surface area (Å²) in [4.78, 5) is 4.00. The molecule has 0 saturated heterocycles. The lowest BCUT2D eigenvalue weighted by molar-refractivity contribution is 0.843. The van der Waals surface area contributed by atoms with Gasteiger partial charge in [-0.3, -0.25) is 0 Å². The highest BCUT2D eigenvalue weighted by atomic mass is 32.2. The average molecular weight is 175 g/mol. The SMILES string of the molecule is CCCSCC(C)N=C(N)N. The molecule has 1 atom stereocenters. The van der Waals surface area contributed by atoms with Gasteiger partial charge in [-0.25, -0.2) is 4.99 Å². The first-order valence-electron chi connectivity index (χ1n) is 3.83. The first kappa shape index (κ1) is 10.6. The maximum atomic E-state index is 5.22. The Morgan fingerprint density at radius 2 is 2.18 bits per heavy atom. The Kier molecular flexibility index (Phi) is 6.12. The predicted molar refractivity (Wildman–Crippen MR) is 52.9 cm³/mol. The van der Waals surface area contributed by atoms with E-state index < -0.39 is 0 Å². The summed E-state index contributed by atoms with van der Waals surface area (Å²) in [7, 11) is 0. The van der Waals surface area contributed by atoms with Gasteiger partial charge in [-0.1, -0.05) is 6.92 Å². The second-order valence-electron chi connectivity index (χ2n) is 2.48. The van der Waals surface area contributed by atoms with Gasteiger partial charge in [0.05, 0.1) is 6.04 Å². The summed E-state index contributed by atoms with van der Waals surface area (Å²) < 4.78 is 0. The molecule has 0 heterocycles. The number of nitrogens with two attached hydrogens (primary N) is 2. The van der Waals surface area contributed by atoms with Gasteiger partial charge in [0.2, 0.25) is 0 Å². The molecular weight excluding hydrogens is 158 g/mol. The smallest absolute Gasteiger partial charge is 0.186 e. The summed E-state index contributed by atoms with van der Waals surface area (Å²) in [6, 6.07) is 0.247. The normalized spacial score (nSPS) is 12.5. The minimum Gasteiger partial charge on any atom is -0.370 e. The van der Waals surface area contributed by atoms with Gasteiger partial charge in [-0.05, 0) is 19.1 Å². The first-order valence-corrected chi connectivity index (χ1v) is 4.98. The molecule has 0 amide bonds. The lowest BCUT2D eigenvalue weighted by Crippen LogP contribution is -2.25. The van der Waals surface area contributed by atoms with Gasteiger partial charge in [-0.15, -0.1) is 0 Å². The van der Waals surface area contributed by atoms with E-state index in [1.54, 1.807) is 0 Å². The fraction of sp³-hybridized carbons (Fsp3) is 0.857. The summed E-state index contributed by atoms with van der Waals surface area (Å²) >= 11 is 1.89. The van der Waals surface area contributed by atoms with E-state index in [4.69, 9.17) is 11.5 Å². The molecule has 4 heteroatoms. The fourth-order valence-corrected chi connectivity index (χ4v) is 1.56. The maximum Gasteiger partial charge on any atom is 0.186 e. The van der Waals surface area contributed by atoms with Crippen LogP contribution in [0.15, 0.2) is 4.99 Å². The van der Waals surface area contributed by atoms with Crippen molar-refractivity contribution < 1.29 is 0 Å². The Bertz CT molecular complexity index is 121. The third kappa shape index (κ3) is 7.52. The molecule has 0 aliphatic carbocycles. The summed E-state index contributed by atoms with van der Waals surface area (Å²) in [6.45, 7) is 4.18. The lowest BCUT2D eigenvalue weighted by atomic mass is 10.4. The van der Waals surface area contributed by atoms with Gasteiger partial charge in [0.15, 0.2) is 5.96 Å². The number of rotatable bonds is 5. The number of hydrogen-bond acceptors (Lipinski definition) is 2. The zero-order chi connectivity index (χ0) is 8.69. The molecule has 3 nitrogen and oxygen atoms in total. The van der Waals surface area contributed by atoms with Crippen molar-refractivity contribution in [2.24, 2.45) is 16.5 Å². The van der Waals surface area contributed by atoms with Crippen molar-refractivity contribution >= 4 is 17.7 Å². The van der Waals surface area contributed by atoms with Crippen LogP contribution >= 0.6 is 11.8 Å². The lowest BCUT2D eigenvalue weighted by Gasteiger charge is -2.04. The average Bonchev–Trinajstić information content (AvgIpc) is 1.86. The van der Waals surface area contributed by atoms with Crippen molar-refractivity contribution in [2.75, 3.05) is 11.5 Å². The minimum atomic E-state index is 0.189. The van der Waals surface area contributed by atoms with Gasteiger partial charge in [0.25, 0.3) is 0 Å². The number of thioether (sulfide) groups is 1. The Balaban J connectivity index is 3.37. The van der Waals surface area contributed by atoms with Crippen LogP contribution in [0.4, 0.5) is 0 Å². The maximum absolute atomic E-state index is 5.22. The van der Waals surface area contributed by atoms with Crippen LogP contribution in [0.25, 0.3) is 0 Å². The van der Waals surface area contributed by atoms with Crippen LogP contribution in [0.1, 0.15) is 20.3 Å². The van der Waals surface area contributed by atoms with E-state index in [2.05, 4.69) is 11.9 Å². The number of nitrogens with zero attached hydrogens (tertiary/aromatic N) is 1. The zero-order valence-corrected chi connectivity index (χ0v) is 8.03. The third-order valence-electron chi connectivity index (χ3n) is 1.08. The molecule has 0 spiro atoms. The van der Waals surface area contributed by atoms with Crippen molar-refractivity contribution in [2.45, 2.75) is 26.3 Å². The van der Waals surface area contributed by atoms with Crippen molar-refractivity contribution in [3.8, 4) is 0 Å². The molecule has 11 heavy (non-hydrogen) atoms. The molecule has 0 aromatic carbocycles. The molecule has 0 rings (SSSR count). The minimum absolute atomic E-state index is 0.189. The predicted octanol–water partition coefficient (Wildman–Crippen LogP) is 0.792. The van der Waals surface area contributed by atoms with Crippen LogP contribution < -0.4 is 11.5 Å². The molecule has 1 unspecified atom stereocenters. The van der Waals surface area contributed by atoms with Crippen LogP contribution in [-0.2, 0) is 0 Å². The van der Waals surface area contributed by atoms with E-state index in [0.29, 0.717) is 0 Å². The van der Waals surface area contributed by atoms with Gasteiger partial charge >= 0.3 is 0 Å². The van der Waals surface area contributed by atoms with Crippen molar-refractivity contribution in [3.63, 3.8) is 0 Å². The van der Waals surface area contributed by atoms with Crippen LogP contribution in [0, 0.1) is 0 Å². The fourth-order valence-electron chi connectivity index (χ4n) is 0.690. The van der Waals surface area contributed by atoms with Crippen molar-refractivity contribution in [3.05, 3.63) is 0 Å². The molecule has 0 saturated carbocycles. The number of aliphatic imine (C=N–C) groups is 1. The third-order valence-corrected chi connectivity index (χ3v) is 2.49. The molecule has 0 aliphatic rings. The van der Waals surface area contributed by atoms with Gasteiger partial charge < -0.3 is 11.5 Å². The van der Waals surface area contributed by atoms with Crippen molar-refractivity contribution in [1.82, 2.24) is 0 Å². The highest BCUT2D eigenvalue weighted by Gasteiger charge is 1.97. The van der Waals surface area contributed by atoms with E-state index in [1.807, 2.05) is 18.7 Å². The standard InChI is InChI=1S/C7H17N3S/c1-3-4-11-5-6(2)10-7(8)9/h6H,3-5H2,1-2H3,(H4,8,9,10). The van der Waals surface area contributed by atoms with E-state index in [0.717, 1.165) is 5.75 Å². The van der Waals surface area contributed by atoms with Crippen LogP contribution in [0.5, 0.6) is 0 Å². The summed E-state index contributed by atoms with van der Waals surface area (Å²) in [5.41, 5.74) is 10.4. The second kappa shape index (κ2) is 6.34. The Hall–Kier alpha value is -0.380. The Labute approximate surface area is 72.6 Å². The highest BCUT2D eigenvalue weighted by molar-refractivity contribution is 7.99. The molecule has 0 aromatic heterocycles. The summed E-state index contributed by atoms with van der Waals surface area (Å²) in [6.07, 6.45) is 1.21. The molecule has 0 bridgehead atoms. The van der Waals surface area contributed by atoms with E-state index in [9.17, 15) is 0 Å². The molecular formula is C7H17N3S. The highest BCUT2D eigenvalue weighted by Crippen LogP contribution is 2.05. The van der Waals surface area contributed by atoms with Gasteiger partial charge in [0.1, 0.15) is 0 Å². The molecule has 0 fully saturated rings. The quantitative estimate of drug-likeness (QED) is 0.369. The first-order chi connectivity index (χ1) is 5.16. The summed E-state index contributed by atoms with van der Waals surface area (Å²) in [5, 5.41) is 0. The Morgan fingerprint density at radius 1 is 1.55 bits per heavy atom. The molecule has 0 radical (unpaired) electrons. The van der Waals surface area contributed by atoms with E-state index >= 15 is 0 Å². The molecule has 0 aromatic rings. The van der Waals surface area contributed by atoms with E-state index in [1.165, 1.54) is 12.2 Å². The molecule has 0 aliphatic heterocycles. The van der Waals surface area contributed by atoms with Crippen LogP contribution in [0.3, 0.4) is 0 Å². The summed E-state index contributed by atoms with van der Waals surface area (Å²) in [5.74, 6) is 2.38. The van der Waals surface area contributed by atoms with Gasteiger partial charge in [0, 0.05) is 5.75 Å².